The molecule has 218 valence electrons. The Morgan fingerprint density at radius 3 is 2.62 bits per heavy atom. The molecule has 1 fully saturated rings. The standard InChI is InChI=1S/C27H37ClN6O5S/c1-7-19-14-33(10-11-34(19)40(6,36)37)27-16(2)25(24-17(3)32-39-18(24)4)30-26(31-27)22-12-21(8-9-23(22)28)38-15-20(35)13-29-5/h8-9,12,19-20,29,35H,7,10-11,13-15H2,1-6H3/t19-,20+/m0/s1. The summed E-state index contributed by atoms with van der Waals surface area (Å²) in [6.45, 7) is 9.47. The molecule has 2 N–H and O–H groups in total. The highest BCUT2D eigenvalue weighted by Crippen LogP contribution is 2.37. The van der Waals surface area contributed by atoms with E-state index in [2.05, 4.69) is 15.4 Å². The van der Waals surface area contributed by atoms with Crippen LogP contribution in [0.3, 0.4) is 0 Å². The highest BCUT2D eigenvalue weighted by Gasteiger charge is 2.34. The van der Waals surface area contributed by atoms with Gasteiger partial charge in [-0.25, -0.2) is 18.4 Å². The number of rotatable bonds is 10. The molecule has 0 saturated carbocycles. The van der Waals surface area contributed by atoms with Crippen LogP contribution in [0.5, 0.6) is 5.75 Å². The lowest BCUT2D eigenvalue weighted by Crippen LogP contribution is -2.55. The van der Waals surface area contributed by atoms with Gasteiger partial charge in [0.15, 0.2) is 5.82 Å². The SMILES string of the molecule is CC[C@H]1CN(c2nc(-c3cc(OC[C@H](O)CNC)ccc3Cl)nc(-c3c(C)noc3C)c2C)CCN1S(C)(=O)=O. The third-order valence-corrected chi connectivity index (χ3v) is 8.74. The van der Waals surface area contributed by atoms with Crippen LogP contribution >= 0.6 is 11.6 Å². The first-order valence-electron chi connectivity index (χ1n) is 13.2. The molecule has 0 aliphatic carbocycles. The lowest BCUT2D eigenvalue weighted by atomic mass is 10.0. The molecule has 4 rings (SSSR count). The molecular weight excluding hydrogens is 556 g/mol. The molecule has 1 saturated heterocycles. The number of benzene rings is 1. The number of ether oxygens (including phenoxy) is 1. The van der Waals surface area contributed by atoms with Gasteiger partial charge in [0, 0.05) is 43.3 Å². The Morgan fingerprint density at radius 1 is 1.25 bits per heavy atom. The molecule has 1 aliphatic rings. The summed E-state index contributed by atoms with van der Waals surface area (Å²) in [5.41, 5.74) is 3.55. The summed E-state index contributed by atoms with van der Waals surface area (Å²) in [7, 11) is -1.57. The number of hydrogen-bond donors (Lipinski definition) is 2. The molecule has 1 aliphatic heterocycles. The summed E-state index contributed by atoms with van der Waals surface area (Å²) in [5, 5.41) is 17.6. The summed E-state index contributed by atoms with van der Waals surface area (Å²) in [5.74, 6) is 2.23. The number of aryl methyl sites for hydroxylation is 2. The van der Waals surface area contributed by atoms with Crippen molar-refractivity contribution in [3.8, 4) is 28.4 Å². The van der Waals surface area contributed by atoms with E-state index >= 15 is 0 Å². The second-order valence-corrected chi connectivity index (χ2v) is 12.4. The van der Waals surface area contributed by atoms with Gasteiger partial charge in [-0.3, -0.25) is 0 Å². The fourth-order valence-corrected chi connectivity index (χ4v) is 6.42. The predicted octanol–water partition coefficient (Wildman–Crippen LogP) is 3.20. The van der Waals surface area contributed by atoms with Crippen molar-refractivity contribution < 1.29 is 22.8 Å². The number of hydrogen-bond acceptors (Lipinski definition) is 10. The van der Waals surface area contributed by atoms with Crippen LogP contribution in [-0.4, -0.2) is 91.2 Å². The third-order valence-electron chi connectivity index (χ3n) is 7.08. The van der Waals surface area contributed by atoms with Crippen molar-refractivity contribution in [1.82, 2.24) is 24.7 Å². The number of aliphatic hydroxyl groups is 1. The highest BCUT2D eigenvalue weighted by molar-refractivity contribution is 7.88. The van der Waals surface area contributed by atoms with Crippen molar-refractivity contribution in [2.45, 2.75) is 46.3 Å². The number of anilines is 1. The minimum Gasteiger partial charge on any atom is -0.491 e. The van der Waals surface area contributed by atoms with Crippen molar-refractivity contribution in [3.05, 3.63) is 40.2 Å². The first-order chi connectivity index (χ1) is 18.9. The second kappa shape index (κ2) is 12.4. The van der Waals surface area contributed by atoms with Crippen LogP contribution in [0.4, 0.5) is 5.82 Å². The van der Waals surface area contributed by atoms with Crippen LogP contribution in [0, 0.1) is 20.8 Å². The first-order valence-corrected chi connectivity index (χ1v) is 15.5. The van der Waals surface area contributed by atoms with Crippen molar-refractivity contribution in [2.24, 2.45) is 0 Å². The summed E-state index contributed by atoms with van der Waals surface area (Å²) in [4.78, 5) is 12.0. The first kappa shape index (κ1) is 30.2. The van der Waals surface area contributed by atoms with Crippen LogP contribution in [0.25, 0.3) is 22.6 Å². The van der Waals surface area contributed by atoms with E-state index in [9.17, 15) is 13.5 Å². The van der Waals surface area contributed by atoms with Gasteiger partial charge in [0.25, 0.3) is 0 Å². The number of likely N-dealkylation sites (N-methyl/N-ethyl adjacent to an activating group) is 1. The molecule has 11 nitrogen and oxygen atoms in total. The topological polar surface area (TPSA) is 134 Å². The number of halogens is 1. The Hall–Kier alpha value is -2.77. The normalized spacial score (nSPS) is 17.3. The zero-order valence-corrected chi connectivity index (χ0v) is 25.3. The quantitative estimate of drug-likeness (QED) is 0.361. The molecule has 3 aromatic rings. The van der Waals surface area contributed by atoms with Gasteiger partial charge in [-0.2, -0.15) is 4.31 Å². The molecule has 0 radical (unpaired) electrons. The molecule has 0 amide bonds. The Morgan fingerprint density at radius 2 is 2.00 bits per heavy atom. The average molecular weight is 593 g/mol. The van der Waals surface area contributed by atoms with Gasteiger partial charge in [-0.1, -0.05) is 23.7 Å². The van der Waals surface area contributed by atoms with Gasteiger partial charge in [0.05, 0.1) is 28.2 Å². The van der Waals surface area contributed by atoms with Gasteiger partial charge >= 0.3 is 0 Å². The smallest absolute Gasteiger partial charge is 0.211 e. The maximum absolute atomic E-state index is 12.4. The van der Waals surface area contributed by atoms with Crippen LogP contribution in [-0.2, 0) is 10.0 Å². The van der Waals surface area contributed by atoms with E-state index in [-0.39, 0.29) is 12.6 Å². The van der Waals surface area contributed by atoms with Crippen LogP contribution in [0.15, 0.2) is 22.7 Å². The van der Waals surface area contributed by atoms with Crippen molar-refractivity contribution >= 4 is 27.4 Å². The zero-order chi connectivity index (χ0) is 29.2. The van der Waals surface area contributed by atoms with Crippen molar-refractivity contribution in [2.75, 3.05) is 51.0 Å². The van der Waals surface area contributed by atoms with Crippen molar-refractivity contribution in [3.63, 3.8) is 0 Å². The minimum absolute atomic E-state index is 0.106. The Labute approximate surface area is 240 Å². The largest absolute Gasteiger partial charge is 0.491 e. The van der Waals surface area contributed by atoms with Crippen LogP contribution in [0.2, 0.25) is 5.02 Å². The lowest BCUT2D eigenvalue weighted by molar-refractivity contribution is 0.108. The number of sulfonamides is 1. The highest BCUT2D eigenvalue weighted by atomic mass is 35.5. The molecule has 3 heterocycles. The number of aromatic nitrogens is 3. The molecule has 0 spiro atoms. The van der Waals surface area contributed by atoms with E-state index in [1.54, 1.807) is 29.6 Å². The fraction of sp³-hybridized carbons (Fsp3) is 0.519. The van der Waals surface area contributed by atoms with E-state index in [0.29, 0.717) is 77.7 Å². The van der Waals surface area contributed by atoms with E-state index in [1.807, 2.05) is 27.7 Å². The number of nitrogens with zero attached hydrogens (tertiary/aromatic N) is 5. The summed E-state index contributed by atoms with van der Waals surface area (Å²) in [6.07, 6.45) is 1.25. The number of aliphatic hydroxyl groups excluding tert-OH is 1. The average Bonchev–Trinajstić information content (AvgIpc) is 3.25. The molecular formula is C27H37ClN6O5S. The van der Waals surface area contributed by atoms with Crippen LogP contribution < -0.4 is 15.0 Å². The van der Waals surface area contributed by atoms with E-state index in [0.717, 1.165) is 11.1 Å². The van der Waals surface area contributed by atoms with E-state index in [4.69, 9.17) is 30.8 Å². The monoisotopic (exact) mass is 592 g/mol. The maximum atomic E-state index is 12.4. The fourth-order valence-electron chi connectivity index (χ4n) is 5.05. The van der Waals surface area contributed by atoms with Gasteiger partial charge in [0.2, 0.25) is 10.0 Å². The third kappa shape index (κ3) is 6.41. The molecule has 2 atom stereocenters. The van der Waals surface area contributed by atoms with Gasteiger partial charge in [-0.15, -0.1) is 0 Å². The molecule has 13 heteroatoms. The van der Waals surface area contributed by atoms with Gasteiger partial charge in [-0.05, 0) is 52.4 Å². The summed E-state index contributed by atoms with van der Waals surface area (Å²) >= 11 is 6.66. The Balaban J connectivity index is 1.81. The van der Waals surface area contributed by atoms with Crippen LogP contribution in [0.1, 0.15) is 30.4 Å². The molecule has 1 aromatic carbocycles. The predicted molar refractivity (Wildman–Crippen MR) is 155 cm³/mol. The zero-order valence-electron chi connectivity index (χ0n) is 23.7. The molecule has 0 bridgehead atoms. The molecule has 0 unspecified atom stereocenters. The van der Waals surface area contributed by atoms with Crippen molar-refractivity contribution in [1.29, 1.82) is 0 Å². The summed E-state index contributed by atoms with van der Waals surface area (Å²) < 4.78 is 37.7. The molecule has 40 heavy (non-hydrogen) atoms. The second-order valence-electron chi connectivity index (χ2n) is 10.1. The van der Waals surface area contributed by atoms with E-state index in [1.165, 1.54) is 6.26 Å². The molecule has 2 aromatic heterocycles. The maximum Gasteiger partial charge on any atom is 0.211 e. The summed E-state index contributed by atoms with van der Waals surface area (Å²) in [6, 6.07) is 5.02. The van der Waals surface area contributed by atoms with Gasteiger partial charge < -0.3 is 24.6 Å². The van der Waals surface area contributed by atoms with Gasteiger partial charge in [0.1, 0.15) is 30.0 Å². The number of nitrogens with one attached hydrogen (secondary N) is 1. The Bertz CT molecular complexity index is 1440. The Kier molecular flexibility index (Phi) is 9.36. The van der Waals surface area contributed by atoms with E-state index < -0.39 is 16.1 Å². The minimum atomic E-state index is -3.33. The number of piperazine rings is 1. The lowest BCUT2D eigenvalue weighted by Gasteiger charge is -2.40.